The van der Waals surface area contributed by atoms with Gasteiger partial charge in [-0.05, 0) is 64.7 Å². The summed E-state index contributed by atoms with van der Waals surface area (Å²) >= 11 is 6.12. The molecule has 1 aromatic heterocycles. The lowest BCUT2D eigenvalue weighted by molar-refractivity contribution is 0.100. The highest BCUT2D eigenvalue weighted by Crippen LogP contribution is 2.35. The highest BCUT2D eigenvalue weighted by molar-refractivity contribution is 6.30. The zero-order valence-electron chi connectivity index (χ0n) is 20.6. The molecule has 4 nitrogen and oxygen atoms in total. The van der Waals surface area contributed by atoms with Gasteiger partial charge in [-0.15, -0.1) is 0 Å². The molecule has 2 N–H and O–H groups in total. The number of aromatic nitrogens is 1. The Morgan fingerprint density at radius 1 is 0.737 bits per heavy atom. The van der Waals surface area contributed by atoms with Gasteiger partial charge in [0.05, 0.1) is 11.0 Å². The second-order valence-corrected chi connectivity index (χ2v) is 9.75. The van der Waals surface area contributed by atoms with Crippen LogP contribution in [-0.4, -0.2) is 10.5 Å². The first kappa shape index (κ1) is 23.8. The molecule has 1 heterocycles. The molecule has 0 saturated carbocycles. The van der Waals surface area contributed by atoms with Crippen LogP contribution in [0, 0.1) is 0 Å². The van der Waals surface area contributed by atoms with E-state index in [9.17, 15) is 4.79 Å². The molecule has 6 aromatic rings. The van der Waals surface area contributed by atoms with E-state index >= 15 is 0 Å². The summed E-state index contributed by atoms with van der Waals surface area (Å²) in [6, 6.07) is 38.1. The van der Waals surface area contributed by atoms with E-state index in [0.717, 1.165) is 49.8 Å². The Balaban J connectivity index is 1.44. The fourth-order valence-corrected chi connectivity index (χ4v) is 5.12. The largest absolute Gasteiger partial charge is 0.489 e. The summed E-state index contributed by atoms with van der Waals surface area (Å²) in [6.07, 6.45) is 0. The number of ether oxygens (including phenoxy) is 1. The molecule has 0 saturated heterocycles. The molecule has 0 fully saturated rings. The number of hydrogen-bond donors (Lipinski definition) is 1. The zero-order valence-corrected chi connectivity index (χ0v) is 21.4. The maximum Gasteiger partial charge on any atom is 0.249 e. The third-order valence-electron chi connectivity index (χ3n) is 6.82. The summed E-state index contributed by atoms with van der Waals surface area (Å²) in [5.74, 6) is 0.375. The van der Waals surface area contributed by atoms with Crippen molar-refractivity contribution in [1.29, 1.82) is 0 Å². The fraction of sp³-hybridized carbons (Fsp3) is 0.0606. The van der Waals surface area contributed by atoms with Gasteiger partial charge in [0.15, 0.2) is 0 Å². The monoisotopic (exact) mass is 516 g/mol. The first-order chi connectivity index (χ1) is 18.6. The van der Waals surface area contributed by atoms with Gasteiger partial charge >= 0.3 is 0 Å². The highest BCUT2D eigenvalue weighted by atomic mass is 35.5. The van der Waals surface area contributed by atoms with Gasteiger partial charge in [0.2, 0.25) is 5.91 Å². The van der Waals surface area contributed by atoms with Crippen LogP contribution in [0.1, 0.15) is 21.5 Å². The molecule has 0 atom stereocenters. The van der Waals surface area contributed by atoms with Gasteiger partial charge in [-0.25, -0.2) is 0 Å². The summed E-state index contributed by atoms with van der Waals surface area (Å²) < 4.78 is 8.33. The topological polar surface area (TPSA) is 57.2 Å². The molecule has 186 valence electrons. The van der Waals surface area contributed by atoms with Crippen LogP contribution in [0.25, 0.3) is 32.9 Å². The maximum atomic E-state index is 12.4. The van der Waals surface area contributed by atoms with Crippen molar-refractivity contribution in [1.82, 2.24) is 4.57 Å². The summed E-state index contributed by atoms with van der Waals surface area (Å²) in [4.78, 5) is 12.4. The number of amides is 1. The van der Waals surface area contributed by atoms with Gasteiger partial charge in [0, 0.05) is 27.9 Å². The molecule has 38 heavy (non-hydrogen) atoms. The Kier molecular flexibility index (Phi) is 6.32. The lowest BCUT2D eigenvalue weighted by atomic mass is 10.0. The number of carbonyl (C=O) groups is 1. The minimum Gasteiger partial charge on any atom is -0.489 e. The lowest BCUT2D eigenvalue weighted by Crippen LogP contribution is -2.11. The van der Waals surface area contributed by atoms with Crippen LogP contribution >= 0.6 is 11.6 Å². The fourth-order valence-electron chi connectivity index (χ4n) is 5.00. The number of primary amides is 1. The van der Waals surface area contributed by atoms with Gasteiger partial charge in [0.1, 0.15) is 12.4 Å². The second-order valence-electron chi connectivity index (χ2n) is 9.31. The minimum atomic E-state index is -0.437. The maximum absolute atomic E-state index is 12.4. The molecular formula is C33H25ClN2O2. The molecule has 0 aliphatic rings. The van der Waals surface area contributed by atoms with Crippen LogP contribution in [0.2, 0.25) is 5.02 Å². The summed E-state index contributed by atoms with van der Waals surface area (Å²) in [5.41, 5.74) is 12.6. The van der Waals surface area contributed by atoms with Gasteiger partial charge in [0.25, 0.3) is 0 Å². The second kappa shape index (κ2) is 10.1. The van der Waals surface area contributed by atoms with E-state index in [1.54, 1.807) is 6.07 Å². The lowest BCUT2D eigenvalue weighted by Gasteiger charge is -2.12. The first-order valence-corrected chi connectivity index (χ1v) is 12.8. The summed E-state index contributed by atoms with van der Waals surface area (Å²) in [5, 5.41) is 2.56. The van der Waals surface area contributed by atoms with Crippen molar-refractivity contribution >= 4 is 39.3 Å². The van der Waals surface area contributed by atoms with E-state index in [4.69, 9.17) is 22.1 Å². The summed E-state index contributed by atoms with van der Waals surface area (Å²) in [6.45, 7) is 1.11. The van der Waals surface area contributed by atoms with Gasteiger partial charge in [-0.2, -0.15) is 0 Å². The van der Waals surface area contributed by atoms with Crippen LogP contribution in [0.15, 0.2) is 115 Å². The quantitative estimate of drug-likeness (QED) is 0.235. The Bertz CT molecular complexity index is 1770. The van der Waals surface area contributed by atoms with Crippen molar-refractivity contribution in [3.8, 4) is 16.9 Å². The van der Waals surface area contributed by atoms with Crippen molar-refractivity contribution in [2.75, 3.05) is 0 Å². The number of rotatable bonds is 7. The Hall–Kier alpha value is -4.54. The molecule has 1 amide bonds. The SMILES string of the molecule is NC(=O)c1cccc2c1c1ccc(-c3ccc(Cl)cc3)cc1n2Cc1cccc(OCc2ccccc2)c1. The number of benzene rings is 5. The predicted molar refractivity (Wildman–Crippen MR) is 155 cm³/mol. The Morgan fingerprint density at radius 3 is 2.26 bits per heavy atom. The molecule has 0 bridgehead atoms. The van der Waals surface area contributed by atoms with Crippen LogP contribution < -0.4 is 10.5 Å². The zero-order chi connectivity index (χ0) is 26.1. The standard InChI is InChI=1S/C33H25ClN2O2/c34-26-15-12-24(13-16-26)25-14-17-28-31(19-25)36(30-11-5-10-29(32(28)30)33(35)37)20-23-8-4-9-27(18-23)38-21-22-6-2-1-3-7-22/h1-19H,20-21H2,(H2,35,37). The molecular weight excluding hydrogens is 492 g/mol. The van der Waals surface area contributed by atoms with E-state index < -0.39 is 5.91 Å². The summed E-state index contributed by atoms with van der Waals surface area (Å²) in [7, 11) is 0. The number of halogens is 1. The number of hydrogen-bond acceptors (Lipinski definition) is 2. The van der Waals surface area contributed by atoms with Crippen molar-refractivity contribution in [2.45, 2.75) is 13.2 Å². The highest BCUT2D eigenvalue weighted by Gasteiger charge is 2.17. The van der Waals surface area contributed by atoms with Crippen molar-refractivity contribution in [3.63, 3.8) is 0 Å². The number of nitrogens with zero attached hydrogens (tertiary/aromatic N) is 1. The van der Waals surface area contributed by atoms with Crippen molar-refractivity contribution < 1.29 is 9.53 Å². The number of fused-ring (bicyclic) bond motifs is 3. The van der Waals surface area contributed by atoms with Gasteiger partial charge < -0.3 is 15.0 Å². The van der Waals surface area contributed by atoms with Crippen LogP contribution in [0.5, 0.6) is 5.75 Å². The van der Waals surface area contributed by atoms with Gasteiger partial charge in [-0.1, -0.05) is 84.4 Å². The van der Waals surface area contributed by atoms with E-state index in [1.807, 2.05) is 66.7 Å². The van der Waals surface area contributed by atoms with E-state index in [-0.39, 0.29) is 0 Å². The molecule has 6 rings (SSSR count). The molecule has 0 unspecified atom stereocenters. The molecule has 0 spiro atoms. The van der Waals surface area contributed by atoms with Crippen LogP contribution in [0.4, 0.5) is 0 Å². The van der Waals surface area contributed by atoms with Crippen molar-refractivity contribution in [3.05, 3.63) is 137 Å². The van der Waals surface area contributed by atoms with E-state index in [0.29, 0.717) is 23.7 Å². The van der Waals surface area contributed by atoms with Crippen LogP contribution in [-0.2, 0) is 13.2 Å². The smallest absolute Gasteiger partial charge is 0.249 e. The van der Waals surface area contributed by atoms with Gasteiger partial charge in [-0.3, -0.25) is 4.79 Å². The molecule has 0 radical (unpaired) electrons. The van der Waals surface area contributed by atoms with E-state index in [2.05, 4.69) is 47.0 Å². The third kappa shape index (κ3) is 4.62. The molecule has 5 heteroatoms. The minimum absolute atomic E-state index is 0.437. The predicted octanol–water partition coefficient (Wildman–Crippen LogP) is 7.84. The molecule has 5 aromatic carbocycles. The Labute approximate surface area is 225 Å². The average molecular weight is 517 g/mol. The number of carbonyl (C=O) groups excluding carboxylic acids is 1. The van der Waals surface area contributed by atoms with Crippen molar-refractivity contribution in [2.24, 2.45) is 5.73 Å². The van der Waals surface area contributed by atoms with Crippen LogP contribution in [0.3, 0.4) is 0 Å². The molecule has 0 aliphatic heterocycles. The van der Waals surface area contributed by atoms with E-state index in [1.165, 1.54) is 0 Å². The average Bonchev–Trinajstić information content (AvgIpc) is 3.26. The number of nitrogens with two attached hydrogens (primary N) is 1. The third-order valence-corrected chi connectivity index (χ3v) is 7.07. The molecule has 0 aliphatic carbocycles. The normalized spacial score (nSPS) is 11.2. The Morgan fingerprint density at radius 2 is 1.47 bits per heavy atom. The first-order valence-electron chi connectivity index (χ1n) is 12.4.